The van der Waals surface area contributed by atoms with E-state index < -0.39 is 0 Å². The Morgan fingerprint density at radius 1 is 1.38 bits per heavy atom. The van der Waals surface area contributed by atoms with Gasteiger partial charge in [0, 0.05) is 18.0 Å². The molecule has 0 aromatic carbocycles. The highest BCUT2D eigenvalue weighted by molar-refractivity contribution is 6.03. The van der Waals surface area contributed by atoms with Crippen LogP contribution in [-0.4, -0.2) is 32.8 Å². The first kappa shape index (κ1) is 14.8. The number of ether oxygens (including phenoxy) is 1. The van der Waals surface area contributed by atoms with Crippen molar-refractivity contribution in [2.45, 2.75) is 25.8 Å². The SMILES string of the molecule is COC(=O)c1cc(-c2cccnc2)nc2c1cnn2C(C)C1CC1. The number of pyridine rings is 2. The number of carbonyl (C=O) groups is 1. The molecule has 1 aliphatic rings. The molecule has 0 bridgehead atoms. The predicted octanol–water partition coefficient (Wildman–Crippen LogP) is 3.25. The lowest BCUT2D eigenvalue weighted by atomic mass is 10.1. The molecule has 3 heterocycles. The van der Waals surface area contributed by atoms with E-state index in [-0.39, 0.29) is 12.0 Å². The summed E-state index contributed by atoms with van der Waals surface area (Å²) >= 11 is 0. The van der Waals surface area contributed by atoms with Crippen LogP contribution in [0.5, 0.6) is 0 Å². The van der Waals surface area contributed by atoms with Crippen LogP contribution < -0.4 is 0 Å². The van der Waals surface area contributed by atoms with Crippen molar-refractivity contribution in [1.82, 2.24) is 19.7 Å². The first-order valence-electron chi connectivity index (χ1n) is 8.06. The molecule has 0 aliphatic heterocycles. The Morgan fingerprint density at radius 2 is 2.21 bits per heavy atom. The van der Waals surface area contributed by atoms with E-state index in [1.807, 2.05) is 16.8 Å². The molecular weight excluding hydrogens is 304 g/mol. The lowest BCUT2D eigenvalue weighted by Crippen LogP contribution is -2.10. The Hall–Kier alpha value is -2.76. The minimum absolute atomic E-state index is 0.268. The van der Waals surface area contributed by atoms with Crippen molar-refractivity contribution in [2.75, 3.05) is 7.11 Å². The summed E-state index contributed by atoms with van der Waals surface area (Å²) in [4.78, 5) is 21.1. The van der Waals surface area contributed by atoms with Crippen molar-refractivity contribution < 1.29 is 9.53 Å². The van der Waals surface area contributed by atoms with Gasteiger partial charge in [0.15, 0.2) is 5.65 Å². The van der Waals surface area contributed by atoms with Gasteiger partial charge >= 0.3 is 5.97 Å². The number of fused-ring (bicyclic) bond motifs is 1. The first-order valence-corrected chi connectivity index (χ1v) is 8.06. The summed E-state index contributed by atoms with van der Waals surface area (Å²) in [5.74, 6) is 0.254. The molecule has 6 nitrogen and oxygen atoms in total. The summed E-state index contributed by atoms with van der Waals surface area (Å²) in [7, 11) is 1.38. The summed E-state index contributed by atoms with van der Waals surface area (Å²) in [6, 6.07) is 5.79. The van der Waals surface area contributed by atoms with E-state index in [0.717, 1.165) is 16.6 Å². The standard InChI is InChI=1S/C18H18N4O2/c1-11(12-5-6-12)22-17-15(10-20-22)14(18(23)24-2)8-16(21-17)13-4-3-7-19-9-13/h3-4,7-12H,5-6H2,1-2H3. The average molecular weight is 322 g/mol. The molecule has 1 fully saturated rings. The zero-order valence-corrected chi connectivity index (χ0v) is 13.6. The van der Waals surface area contributed by atoms with Crippen molar-refractivity contribution in [3.8, 4) is 11.3 Å². The van der Waals surface area contributed by atoms with Crippen LogP contribution in [0.3, 0.4) is 0 Å². The van der Waals surface area contributed by atoms with E-state index in [2.05, 4.69) is 17.0 Å². The number of aromatic nitrogens is 4. The quantitative estimate of drug-likeness (QED) is 0.690. The molecule has 122 valence electrons. The van der Waals surface area contributed by atoms with Crippen LogP contribution in [-0.2, 0) is 4.74 Å². The lowest BCUT2D eigenvalue weighted by Gasteiger charge is -2.13. The van der Waals surface area contributed by atoms with Crippen molar-refractivity contribution in [3.63, 3.8) is 0 Å². The highest BCUT2D eigenvalue weighted by Crippen LogP contribution is 2.40. The molecule has 1 unspecified atom stereocenters. The van der Waals surface area contributed by atoms with E-state index in [4.69, 9.17) is 9.72 Å². The van der Waals surface area contributed by atoms with Gasteiger partial charge in [0.05, 0.1) is 36.0 Å². The van der Waals surface area contributed by atoms with E-state index in [0.29, 0.717) is 17.2 Å². The normalized spacial score (nSPS) is 15.4. The fraction of sp³-hybridized carbons (Fsp3) is 0.333. The highest BCUT2D eigenvalue weighted by atomic mass is 16.5. The lowest BCUT2D eigenvalue weighted by molar-refractivity contribution is 0.0603. The van der Waals surface area contributed by atoms with Crippen LogP contribution in [0.2, 0.25) is 0 Å². The van der Waals surface area contributed by atoms with Gasteiger partial charge in [0.2, 0.25) is 0 Å². The second kappa shape index (κ2) is 5.70. The summed E-state index contributed by atoms with van der Waals surface area (Å²) in [5.41, 5.74) is 2.75. The zero-order valence-electron chi connectivity index (χ0n) is 13.6. The fourth-order valence-electron chi connectivity index (χ4n) is 3.04. The van der Waals surface area contributed by atoms with Crippen molar-refractivity contribution >= 4 is 17.0 Å². The van der Waals surface area contributed by atoms with Gasteiger partial charge in [-0.15, -0.1) is 0 Å². The maximum absolute atomic E-state index is 12.2. The van der Waals surface area contributed by atoms with Gasteiger partial charge < -0.3 is 4.74 Å². The molecule has 3 aromatic rings. The summed E-state index contributed by atoms with van der Waals surface area (Å²) in [6.45, 7) is 2.15. The third kappa shape index (κ3) is 2.44. The second-order valence-electron chi connectivity index (χ2n) is 6.19. The number of methoxy groups -OCH3 is 1. The molecule has 24 heavy (non-hydrogen) atoms. The van der Waals surface area contributed by atoms with Gasteiger partial charge in [0.1, 0.15) is 0 Å². The van der Waals surface area contributed by atoms with Crippen LogP contribution in [0.15, 0.2) is 36.8 Å². The van der Waals surface area contributed by atoms with E-state index >= 15 is 0 Å². The number of nitrogens with zero attached hydrogens (tertiary/aromatic N) is 4. The number of hydrogen-bond acceptors (Lipinski definition) is 5. The maximum atomic E-state index is 12.2. The molecule has 3 aromatic heterocycles. The maximum Gasteiger partial charge on any atom is 0.338 e. The van der Waals surface area contributed by atoms with E-state index in [1.54, 1.807) is 24.7 Å². The Morgan fingerprint density at radius 3 is 2.88 bits per heavy atom. The monoisotopic (exact) mass is 322 g/mol. The highest BCUT2D eigenvalue weighted by Gasteiger charge is 2.31. The molecule has 0 spiro atoms. The van der Waals surface area contributed by atoms with Crippen molar-refractivity contribution in [3.05, 3.63) is 42.4 Å². The van der Waals surface area contributed by atoms with Crippen LogP contribution in [0.25, 0.3) is 22.3 Å². The molecule has 6 heteroatoms. The van der Waals surface area contributed by atoms with Crippen LogP contribution in [0.4, 0.5) is 0 Å². The van der Waals surface area contributed by atoms with Gasteiger partial charge in [-0.1, -0.05) is 0 Å². The van der Waals surface area contributed by atoms with Crippen LogP contribution in [0.1, 0.15) is 36.2 Å². The molecule has 0 N–H and O–H groups in total. The number of carbonyl (C=O) groups excluding carboxylic acids is 1. The second-order valence-corrected chi connectivity index (χ2v) is 6.19. The van der Waals surface area contributed by atoms with Gasteiger partial charge in [0.25, 0.3) is 0 Å². The van der Waals surface area contributed by atoms with Crippen molar-refractivity contribution in [1.29, 1.82) is 0 Å². The molecule has 1 saturated carbocycles. The third-order valence-electron chi connectivity index (χ3n) is 4.62. The van der Waals surface area contributed by atoms with E-state index in [1.165, 1.54) is 20.0 Å². The smallest absolute Gasteiger partial charge is 0.338 e. The zero-order chi connectivity index (χ0) is 16.7. The number of esters is 1. The molecule has 1 atom stereocenters. The van der Waals surface area contributed by atoms with Crippen LogP contribution >= 0.6 is 0 Å². The summed E-state index contributed by atoms with van der Waals surface area (Å²) in [6.07, 6.45) is 7.59. The first-order chi connectivity index (χ1) is 11.7. The van der Waals surface area contributed by atoms with Crippen molar-refractivity contribution in [2.24, 2.45) is 5.92 Å². The van der Waals surface area contributed by atoms with Gasteiger partial charge in [-0.3, -0.25) is 4.98 Å². The Balaban J connectivity index is 1.94. The summed E-state index contributed by atoms with van der Waals surface area (Å²) < 4.78 is 6.88. The van der Waals surface area contributed by atoms with Crippen LogP contribution in [0, 0.1) is 5.92 Å². The minimum atomic E-state index is -0.383. The Labute approximate surface area is 139 Å². The van der Waals surface area contributed by atoms with E-state index in [9.17, 15) is 4.79 Å². The fourth-order valence-corrected chi connectivity index (χ4v) is 3.04. The largest absolute Gasteiger partial charge is 0.465 e. The molecule has 1 aliphatic carbocycles. The summed E-state index contributed by atoms with van der Waals surface area (Å²) in [5, 5.41) is 5.22. The Bertz CT molecular complexity index is 900. The number of rotatable bonds is 4. The molecular formula is C18H18N4O2. The molecule has 0 radical (unpaired) electrons. The minimum Gasteiger partial charge on any atom is -0.465 e. The number of hydrogen-bond donors (Lipinski definition) is 0. The average Bonchev–Trinajstić information content (AvgIpc) is 3.39. The topological polar surface area (TPSA) is 69.9 Å². The van der Waals surface area contributed by atoms with Gasteiger partial charge in [-0.25, -0.2) is 14.5 Å². The molecule has 4 rings (SSSR count). The van der Waals surface area contributed by atoms with Gasteiger partial charge in [-0.2, -0.15) is 5.10 Å². The third-order valence-corrected chi connectivity index (χ3v) is 4.62. The predicted molar refractivity (Wildman–Crippen MR) is 89.5 cm³/mol. The Kier molecular flexibility index (Phi) is 3.52. The molecule has 0 saturated heterocycles. The molecule has 0 amide bonds. The van der Waals surface area contributed by atoms with Gasteiger partial charge in [-0.05, 0) is 43.9 Å².